The fraction of sp³-hybridized carbons (Fsp3) is 0.412. The normalized spacial score (nSPS) is 21.2. The van der Waals surface area contributed by atoms with Gasteiger partial charge in [-0.05, 0) is 18.6 Å². The van der Waals surface area contributed by atoms with Crippen molar-refractivity contribution >= 4 is 23.9 Å². The number of nitrogens with zero attached hydrogens (tertiary/aromatic N) is 2. The molecule has 3 N–H and O–H groups in total. The van der Waals surface area contributed by atoms with Crippen molar-refractivity contribution < 1.29 is 28.0 Å². The summed E-state index contributed by atoms with van der Waals surface area (Å²) in [6, 6.07) is 2.13. The zero-order valence-electron chi connectivity index (χ0n) is 15.1. The van der Waals surface area contributed by atoms with Crippen LogP contribution in [0.2, 0.25) is 0 Å². The van der Waals surface area contributed by atoms with Gasteiger partial charge in [-0.3, -0.25) is 14.5 Å². The van der Waals surface area contributed by atoms with Gasteiger partial charge < -0.3 is 20.9 Å². The average molecular weight is 395 g/mol. The van der Waals surface area contributed by atoms with E-state index in [0.29, 0.717) is 6.42 Å². The van der Waals surface area contributed by atoms with Crippen LogP contribution in [0.1, 0.15) is 16.8 Å². The van der Waals surface area contributed by atoms with Crippen LogP contribution < -0.4 is 16.0 Å². The van der Waals surface area contributed by atoms with Gasteiger partial charge in [-0.2, -0.15) is 0 Å². The summed E-state index contributed by atoms with van der Waals surface area (Å²) in [5.74, 6) is -3.26. The Balaban J connectivity index is 1.46. The summed E-state index contributed by atoms with van der Waals surface area (Å²) in [5.41, 5.74) is -1.78. The minimum atomic E-state index is -1.10. The number of halogens is 2. The van der Waals surface area contributed by atoms with Crippen LogP contribution in [0, 0.1) is 11.6 Å². The molecule has 0 bridgehead atoms. The second-order valence-corrected chi connectivity index (χ2v) is 6.63. The fourth-order valence-electron chi connectivity index (χ4n) is 3.28. The van der Waals surface area contributed by atoms with E-state index in [1.165, 1.54) is 11.9 Å². The number of nitrogens with one attached hydrogen (secondary N) is 3. The number of hydrogen-bond acceptors (Lipinski definition) is 4. The summed E-state index contributed by atoms with van der Waals surface area (Å²) >= 11 is 0. The Hall–Kier alpha value is -3.24. The largest absolute Gasteiger partial charge is 0.350 e. The Labute approximate surface area is 159 Å². The van der Waals surface area contributed by atoms with E-state index < -0.39 is 40.7 Å². The van der Waals surface area contributed by atoms with Crippen molar-refractivity contribution in [3.8, 4) is 0 Å². The highest BCUT2D eigenvalue weighted by molar-refractivity contribution is 6.07. The summed E-state index contributed by atoms with van der Waals surface area (Å²) in [4.78, 5) is 50.3. The van der Waals surface area contributed by atoms with E-state index in [4.69, 9.17) is 0 Å². The van der Waals surface area contributed by atoms with E-state index in [9.17, 15) is 28.0 Å². The van der Waals surface area contributed by atoms with Crippen LogP contribution in [-0.4, -0.2) is 72.4 Å². The maximum absolute atomic E-state index is 13.5. The lowest BCUT2D eigenvalue weighted by Crippen LogP contribution is -2.51. The monoisotopic (exact) mass is 395 g/mol. The van der Waals surface area contributed by atoms with Gasteiger partial charge in [-0.25, -0.2) is 18.4 Å². The first-order valence-electron chi connectivity index (χ1n) is 8.60. The molecule has 0 aliphatic carbocycles. The Morgan fingerprint density at radius 1 is 1.18 bits per heavy atom. The van der Waals surface area contributed by atoms with Crippen molar-refractivity contribution in [3.05, 3.63) is 35.4 Å². The molecule has 2 heterocycles. The zero-order chi connectivity index (χ0) is 20.5. The second kappa shape index (κ2) is 7.41. The third kappa shape index (κ3) is 3.47. The summed E-state index contributed by atoms with van der Waals surface area (Å²) in [6.07, 6.45) is 0.304. The van der Waals surface area contributed by atoms with Gasteiger partial charge in [0.1, 0.15) is 22.7 Å². The van der Waals surface area contributed by atoms with Gasteiger partial charge >= 0.3 is 12.1 Å². The Morgan fingerprint density at radius 3 is 2.43 bits per heavy atom. The molecule has 28 heavy (non-hydrogen) atoms. The summed E-state index contributed by atoms with van der Waals surface area (Å²) in [5, 5.41) is 7.49. The van der Waals surface area contributed by atoms with E-state index in [-0.39, 0.29) is 32.1 Å². The molecule has 1 atom stereocenters. The van der Waals surface area contributed by atoms with E-state index >= 15 is 0 Å². The lowest BCUT2D eigenvalue weighted by Gasteiger charge is -2.21. The Morgan fingerprint density at radius 2 is 1.82 bits per heavy atom. The first kappa shape index (κ1) is 19.5. The number of rotatable bonds is 4. The van der Waals surface area contributed by atoms with Crippen molar-refractivity contribution in [1.82, 2.24) is 25.8 Å². The molecule has 9 nitrogen and oxygen atoms in total. The molecule has 1 aromatic carbocycles. The predicted molar refractivity (Wildman–Crippen MR) is 92.3 cm³/mol. The molecule has 0 aromatic heterocycles. The highest BCUT2D eigenvalue weighted by atomic mass is 19.1. The van der Waals surface area contributed by atoms with Gasteiger partial charge in [0, 0.05) is 26.7 Å². The lowest BCUT2D eigenvalue weighted by atomic mass is 9.99. The maximum atomic E-state index is 13.5. The van der Waals surface area contributed by atoms with Gasteiger partial charge in [0.15, 0.2) is 0 Å². The number of hydrogen-bond donors (Lipinski definition) is 3. The molecule has 0 radical (unpaired) electrons. The van der Waals surface area contributed by atoms with Gasteiger partial charge in [0.05, 0.1) is 6.54 Å². The molecule has 2 aliphatic rings. The molecular weight excluding hydrogens is 376 g/mol. The minimum Gasteiger partial charge on any atom is -0.350 e. The number of benzene rings is 1. The summed E-state index contributed by atoms with van der Waals surface area (Å²) in [7, 11) is 1.37. The van der Waals surface area contributed by atoms with Gasteiger partial charge in [0.2, 0.25) is 0 Å². The van der Waals surface area contributed by atoms with Crippen LogP contribution >= 0.6 is 0 Å². The van der Waals surface area contributed by atoms with Crippen molar-refractivity contribution in [2.75, 3.05) is 33.2 Å². The van der Waals surface area contributed by atoms with Crippen LogP contribution in [-0.2, 0) is 4.79 Å². The molecule has 2 aliphatic heterocycles. The van der Waals surface area contributed by atoms with Crippen molar-refractivity contribution in [3.63, 3.8) is 0 Å². The molecule has 0 saturated carbocycles. The highest BCUT2D eigenvalue weighted by Crippen LogP contribution is 2.27. The van der Waals surface area contributed by atoms with Crippen LogP contribution in [0.4, 0.5) is 18.4 Å². The second-order valence-electron chi connectivity index (χ2n) is 6.63. The van der Waals surface area contributed by atoms with E-state index in [2.05, 4.69) is 16.0 Å². The minimum absolute atomic E-state index is 0.0182. The van der Waals surface area contributed by atoms with Crippen LogP contribution in [0.5, 0.6) is 0 Å². The molecule has 1 unspecified atom stereocenters. The van der Waals surface area contributed by atoms with Crippen LogP contribution in [0.3, 0.4) is 0 Å². The number of carbonyl (C=O) groups excluding carboxylic acids is 4. The highest BCUT2D eigenvalue weighted by Gasteiger charge is 2.54. The SMILES string of the molecule is CN1C(=O)NC2(CCN(C(=O)NCCNC(=O)c3c(F)cccc3F)C2)C1=O. The number of likely N-dealkylation sites (N-methyl/N-ethyl adjacent to an activating group) is 1. The number of likely N-dealkylation sites (tertiary alicyclic amines) is 1. The van der Waals surface area contributed by atoms with E-state index in [1.54, 1.807) is 0 Å². The first-order valence-corrected chi connectivity index (χ1v) is 8.60. The van der Waals surface area contributed by atoms with Gasteiger partial charge in [0.25, 0.3) is 11.8 Å². The molecule has 2 saturated heterocycles. The molecule has 11 heteroatoms. The molecule has 6 amide bonds. The standard InChI is InChI=1S/C17H19F2N5O4/c1-23-14(26)17(22-16(23)28)5-8-24(9-17)15(27)21-7-6-20-13(25)12-10(18)3-2-4-11(12)19/h2-4H,5-9H2,1H3,(H,20,25)(H,21,27)(H,22,28). The van der Waals surface area contributed by atoms with Crippen molar-refractivity contribution in [2.24, 2.45) is 0 Å². The molecule has 3 rings (SSSR count). The van der Waals surface area contributed by atoms with Crippen LogP contribution in [0.15, 0.2) is 18.2 Å². The predicted octanol–water partition coefficient (Wildman–Crippen LogP) is 0.0303. The summed E-state index contributed by atoms with van der Waals surface area (Å²) in [6.45, 7) is 0.291. The maximum Gasteiger partial charge on any atom is 0.324 e. The number of imide groups is 1. The third-order valence-electron chi connectivity index (χ3n) is 4.80. The topological polar surface area (TPSA) is 111 Å². The lowest BCUT2D eigenvalue weighted by molar-refractivity contribution is -0.129. The quantitative estimate of drug-likeness (QED) is 0.493. The molecule has 1 spiro atoms. The number of urea groups is 2. The molecule has 2 fully saturated rings. The molecule has 1 aromatic rings. The summed E-state index contributed by atoms with van der Waals surface area (Å²) < 4.78 is 27.1. The fourth-order valence-corrected chi connectivity index (χ4v) is 3.28. The van der Waals surface area contributed by atoms with Crippen molar-refractivity contribution in [1.29, 1.82) is 0 Å². The zero-order valence-corrected chi connectivity index (χ0v) is 15.1. The van der Waals surface area contributed by atoms with E-state index in [1.807, 2.05) is 0 Å². The van der Waals surface area contributed by atoms with Gasteiger partial charge in [-0.1, -0.05) is 6.07 Å². The Bertz CT molecular complexity index is 829. The molecular formula is C17H19F2N5O4. The number of carbonyl (C=O) groups is 4. The van der Waals surface area contributed by atoms with E-state index in [0.717, 1.165) is 23.1 Å². The van der Waals surface area contributed by atoms with Crippen molar-refractivity contribution in [2.45, 2.75) is 12.0 Å². The first-order chi connectivity index (χ1) is 13.2. The smallest absolute Gasteiger partial charge is 0.324 e. The van der Waals surface area contributed by atoms with Crippen LogP contribution in [0.25, 0.3) is 0 Å². The Kier molecular flexibility index (Phi) is 5.16. The third-order valence-corrected chi connectivity index (χ3v) is 4.80. The number of amides is 6. The molecule has 150 valence electrons. The average Bonchev–Trinajstić information content (AvgIpc) is 3.16. The van der Waals surface area contributed by atoms with Gasteiger partial charge in [-0.15, -0.1) is 0 Å².